The molecule has 0 aromatic rings. The van der Waals surface area contributed by atoms with Crippen molar-refractivity contribution in [3.63, 3.8) is 0 Å². The fourth-order valence-electron chi connectivity index (χ4n) is 1.45. The van der Waals surface area contributed by atoms with Gasteiger partial charge in [0.1, 0.15) is 0 Å². The zero-order valence-corrected chi connectivity index (χ0v) is 9.47. The summed E-state index contributed by atoms with van der Waals surface area (Å²) in [7, 11) is 0. The van der Waals surface area contributed by atoms with Crippen LogP contribution in [0.15, 0.2) is 0 Å². The molecule has 1 amide bonds. The van der Waals surface area contributed by atoms with E-state index in [4.69, 9.17) is 5.73 Å². The maximum Gasteiger partial charge on any atom is 0.237 e. The third kappa shape index (κ3) is 2.98. The fraction of sp³-hybridized carbons (Fsp3) is 0.909. The number of nitrogens with one attached hydrogen (secondary N) is 1. The van der Waals surface area contributed by atoms with E-state index in [0.717, 1.165) is 6.54 Å². The number of carbonyl (C=O) groups excluding carboxylic acids is 1. The summed E-state index contributed by atoms with van der Waals surface area (Å²) < 4.78 is 0. The molecule has 0 heterocycles. The highest BCUT2D eigenvalue weighted by atomic mass is 16.2. The largest absolute Gasteiger partial charge is 0.354 e. The van der Waals surface area contributed by atoms with Gasteiger partial charge >= 0.3 is 0 Å². The molecule has 1 atom stereocenters. The maximum absolute atomic E-state index is 11.6. The Morgan fingerprint density at radius 3 is 2.43 bits per heavy atom. The topological polar surface area (TPSA) is 55.1 Å². The highest BCUT2D eigenvalue weighted by Crippen LogP contribution is 2.25. The SMILES string of the molecule is CC(C)(C)[C@H](N)C(=O)NCC1CCC1. The van der Waals surface area contributed by atoms with E-state index in [2.05, 4.69) is 5.32 Å². The van der Waals surface area contributed by atoms with Crippen LogP contribution in [0.25, 0.3) is 0 Å². The molecule has 3 heteroatoms. The highest BCUT2D eigenvalue weighted by molar-refractivity contribution is 5.82. The summed E-state index contributed by atoms with van der Waals surface area (Å²) in [5.41, 5.74) is 5.68. The summed E-state index contributed by atoms with van der Waals surface area (Å²) >= 11 is 0. The van der Waals surface area contributed by atoms with E-state index in [1.54, 1.807) is 0 Å². The lowest BCUT2D eigenvalue weighted by molar-refractivity contribution is -0.124. The quantitative estimate of drug-likeness (QED) is 0.717. The van der Waals surface area contributed by atoms with Gasteiger partial charge in [0.15, 0.2) is 0 Å². The Bertz CT molecular complexity index is 204. The van der Waals surface area contributed by atoms with Crippen molar-refractivity contribution in [2.24, 2.45) is 17.1 Å². The molecule has 1 aliphatic rings. The zero-order chi connectivity index (χ0) is 10.8. The number of amides is 1. The van der Waals surface area contributed by atoms with Gasteiger partial charge in [0, 0.05) is 6.54 Å². The Hall–Kier alpha value is -0.570. The minimum Gasteiger partial charge on any atom is -0.354 e. The molecule has 1 rings (SSSR count). The monoisotopic (exact) mass is 198 g/mol. The van der Waals surface area contributed by atoms with Gasteiger partial charge in [0.05, 0.1) is 6.04 Å². The zero-order valence-electron chi connectivity index (χ0n) is 9.47. The Morgan fingerprint density at radius 2 is 2.07 bits per heavy atom. The number of rotatable bonds is 3. The second kappa shape index (κ2) is 4.30. The van der Waals surface area contributed by atoms with Crippen molar-refractivity contribution < 1.29 is 4.79 Å². The molecular formula is C11H22N2O. The molecule has 82 valence electrons. The van der Waals surface area contributed by atoms with Crippen LogP contribution in [0.5, 0.6) is 0 Å². The van der Waals surface area contributed by atoms with E-state index < -0.39 is 6.04 Å². The van der Waals surface area contributed by atoms with E-state index in [9.17, 15) is 4.79 Å². The normalized spacial score (nSPS) is 20.0. The average molecular weight is 198 g/mol. The van der Waals surface area contributed by atoms with Crippen LogP contribution in [-0.2, 0) is 4.79 Å². The molecule has 0 aromatic carbocycles. The lowest BCUT2D eigenvalue weighted by atomic mass is 9.84. The van der Waals surface area contributed by atoms with Crippen LogP contribution in [-0.4, -0.2) is 18.5 Å². The number of carbonyl (C=O) groups is 1. The Balaban J connectivity index is 2.26. The van der Waals surface area contributed by atoms with Gasteiger partial charge in [0.25, 0.3) is 0 Å². The van der Waals surface area contributed by atoms with Crippen LogP contribution in [0.4, 0.5) is 0 Å². The first-order valence-electron chi connectivity index (χ1n) is 5.44. The third-order valence-corrected chi connectivity index (χ3v) is 3.01. The van der Waals surface area contributed by atoms with Crippen molar-refractivity contribution in [2.45, 2.75) is 46.1 Å². The summed E-state index contributed by atoms with van der Waals surface area (Å²) in [4.78, 5) is 11.6. The predicted molar refractivity (Wildman–Crippen MR) is 57.8 cm³/mol. The molecule has 0 bridgehead atoms. The first-order chi connectivity index (χ1) is 6.41. The van der Waals surface area contributed by atoms with Gasteiger partial charge in [-0.2, -0.15) is 0 Å². The second-order valence-corrected chi connectivity index (χ2v) is 5.39. The summed E-state index contributed by atoms with van der Waals surface area (Å²) in [6.07, 6.45) is 3.82. The molecule has 0 aromatic heterocycles. The summed E-state index contributed by atoms with van der Waals surface area (Å²) in [6, 6.07) is -0.400. The van der Waals surface area contributed by atoms with Crippen molar-refractivity contribution in [1.82, 2.24) is 5.32 Å². The Morgan fingerprint density at radius 1 is 1.50 bits per heavy atom. The highest BCUT2D eigenvalue weighted by Gasteiger charge is 2.28. The third-order valence-electron chi connectivity index (χ3n) is 3.01. The smallest absolute Gasteiger partial charge is 0.237 e. The van der Waals surface area contributed by atoms with Crippen molar-refractivity contribution in [1.29, 1.82) is 0 Å². The molecule has 1 fully saturated rings. The van der Waals surface area contributed by atoms with Gasteiger partial charge in [-0.25, -0.2) is 0 Å². The Labute approximate surface area is 86.4 Å². The Kier molecular flexibility index (Phi) is 3.53. The molecule has 14 heavy (non-hydrogen) atoms. The van der Waals surface area contributed by atoms with Crippen molar-refractivity contribution in [3.8, 4) is 0 Å². The lowest BCUT2D eigenvalue weighted by Crippen LogP contribution is -2.49. The van der Waals surface area contributed by atoms with Crippen LogP contribution in [0, 0.1) is 11.3 Å². The molecule has 3 N–H and O–H groups in total. The predicted octanol–water partition coefficient (Wildman–Crippen LogP) is 1.28. The molecule has 0 radical (unpaired) electrons. The molecule has 0 saturated heterocycles. The number of hydrogen-bond donors (Lipinski definition) is 2. The van der Waals surface area contributed by atoms with E-state index in [1.165, 1.54) is 19.3 Å². The molecule has 1 aliphatic carbocycles. The van der Waals surface area contributed by atoms with E-state index in [-0.39, 0.29) is 11.3 Å². The maximum atomic E-state index is 11.6. The number of nitrogens with two attached hydrogens (primary N) is 1. The molecule has 0 spiro atoms. The average Bonchev–Trinajstić information content (AvgIpc) is 1.98. The van der Waals surface area contributed by atoms with Gasteiger partial charge in [-0.3, -0.25) is 4.79 Å². The van der Waals surface area contributed by atoms with Gasteiger partial charge in [0.2, 0.25) is 5.91 Å². The van der Waals surface area contributed by atoms with Gasteiger partial charge in [-0.05, 0) is 24.2 Å². The van der Waals surface area contributed by atoms with Crippen molar-refractivity contribution in [2.75, 3.05) is 6.54 Å². The first kappa shape index (κ1) is 11.5. The fourth-order valence-corrected chi connectivity index (χ4v) is 1.45. The second-order valence-electron chi connectivity index (χ2n) is 5.39. The molecule has 1 saturated carbocycles. The van der Waals surface area contributed by atoms with Crippen molar-refractivity contribution in [3.05, 3.63) is 0 Å². The van der Waals surface area contributed by atoms with Crippen LogP contribution in [0.2, 0.25) is 0 Å². The standard InChI is InChI=1S/C11H22N2O/c1-11(2,3)9(12)10(14)13-7-8-5-4-6-8/h8-9H,4-7,12H2,1-3H3,(H,13,14)/t9-/m1/s1. The lowest BCUT2D eigenvalue weighted by Gasteiger charge is -2.29. The molecule has 3 nitrogen and oxygen atoms in total. The van der Waals surface area contributed by atoms with Gasteiger partial charge < -0.3 is 11.1 Å². The van der Waals surface area contributed by atoms with E-state index >= 15 is 0 Å². The molecule has 0 unspecified atom stereocenters. The van der Waals surface area contributed by atoms with Crippen LogP contribution < -0.4 is 11.1 Å². The molecule has 0 aliphatic heterocycles. The summed E-state index contributed by atoms with van der Waals surface area (Å²) in [5, 5.41) is 2.93. The van der Waals surface area contributed by atoms with Gasteiger partial charge in [-0.15, -0.1) is 0 Å². The minimum absolute atomic E-state index is 0.00981. The van der Waals surface area contributed by atoms with Gasteiger partial charge in [-0.1, -0.05) is 27.2 Å². The van der Waals surface area contributed by atoms with Crippen LogP contribution in [0.3, 0.4) is 0 Å². The van der Waals surface area contributed by atoms with Crippen molar-refractivity contribution >= 4 is 5.91 Å². The van der Waals surface area contributed by atoms with Crippen LogP contribution >= 0.6 is 0 Å². The first-order valence-corrected chi connectivity index (χ1v) is 5.44. The van der Waals surface area contributed by atoms with Crippen LogP contribution in [0.1, 0.15) is 40.0 Å². The summed E-state index contributed by atoms with van der Waals surface area (Å²) in [6.45, 7) is 6.77. The van der Waals surface area contributed by atoms with E-state index in [1.807, 2.05) is 20.8 Å². The number of hydrogen-bond acceptors (Lipinski definition) is 2. The molecular weight excluding hydrogens is 176 g/mol. The minimum atomic E-state index is -0.400. The summed E-state index contributed by atoms with van der Waals surface area (Å²) in [5.74, 6) is 0.690. The van der Waals surface area contributed by atoms with E-state index in [0.29, 0.717) is 5.92 Å².